The molecule has 7 nitrogen and oxygen atoms in total. The van der Waals surface area contributed by atoms with Crippen LogP contribution in [0.3, 0.4) is 0 Å². The maximum Gasteiger partial charge on any atom is 0.253 e. The second kappa shape index (κ2) is 8.12. The number of carbonyl (C=O) groups is 3. The van der Waals surface area contributed by atoms with Gasteiger partial charge in [0.1, 0.15) is 5.82 Å². The van der Waals surface area contributed by atoms with E-state index >= 15 is 0 Å². The first kappa shape index (κ1) is 18.1. The van der Waals surface area contributed by atoms with Crippen molar-refractivity contribution in [1.82, 2.24) is 15.2 Å². The number of nitrogens with one attached hydrogen (secondary N) is 2. The number of amides is 3. The van der Waals surface area contributed by atoms with Crippen LogP contribution in [-0.4, -0.2) is 46.2 Å². The normalized spacial score (nSPS) is 23.0. The lowest BCUT2D eigenvalue weighted by Crippen LogP contribution is -2.43. The second-order valence-electron chi connectivity index (χ2n) is 6.74. The molecule has 2 N–H and O–H groups in total. The molecule has 0 bridgehead atoms. The average molecular weight is 356 g/mol. The number of hydrogen-bond donors (Lipinski definition) is 2. The Hall–Kier alpha value is -2.70. The molecule has 7 heteroatoms. The molecule has 2 aliphatic rings. The van der Waals surface area contributed by atoms with Crippen molar-refractivity contribution in [2.45, 2.75) is 50.6 Å². The van der Waals surface area contributed by atoms with E-state index in [9.17, 15) is 14.4 Å². The molecule has 0 spiro atoms. The van der Waals surface area contributed by atoms with Gasteiger partial charge in [0.05, 0.1) is 5.56 Å². The molecule has 26 heavy (non-hydrogen) atoms. The van der Waals surface area contributed by atoms with Crippen LogP contribution in [0.1, 0.15) is 48.9 Å². The zero-order valence-electron chi connectivity index (χ0n) is 14.7. The van der Waals surface area contributed by atoms with Crippen molar-refractivity contribution >= 4 is 23.5 Å². The van der Waals surface area contributed by atoms with Crippen LogP contribution in [0, 0.1) is 0 Å². The third-order valence-corrected chi connectivity index (χ3v) is 4.94. The fourth-order valence-electron chi connectivity index (χ4n) is 3.57. The SMILES string of the molecule is C=CCNC(=O)c1ccc(NC2CCC(N3C(=O)CCC3=O)CC2)nc1. The van der Waals surface area contributed by atoms with E-state index in [-0.39, 0.29) is 29.8 Å². The number of nitrogens with zero attached hydrogens (tertiary/aromatic N) is 2. The van der Waals surface area contributed by atoms with Crippen molar-refractivity contribution in [2.24, 2.45) is 0 Å². The van der Waals surface area contributed by atoms with Gasteiger partial charge < -0.3 is 10.6 Å². The highest BCUT2D eigenvalue weighted by atomic mass is 16.2. The van der Waals surface area contributed by atoms with Gasteiger partial charge in [0.2, 0.25) is 11.8 Å². The summed E-state index contributed by atoms with van der Waals surface area (Å²) in [5.74, 6) is 0.489. The third-order valence-electron chi connectivity index (χ3n) is 4.94. The predicted octanol–water partition coefficient (Wildman–Crippen LogP) is 1.87. The van der Waals surface area contributed by atoms with E-state index in [0.29, 0.717) is 24.9 Å². The summed E-state index contributed by atoms with van der Waals surface area (Å²) in [6.07, 6.45) is 7.28. The highest BCUT2D eigenvalue weighted by Crippen LogP contribution is 2.28. The maximum atomic E-state index is 11.9. The molecule has 0 radical (unpaired) electrons. The van der Waals surface area contributed by atoms with Gasteiger partial charge in [-0.3, -0.25) is 19.3 Å². The summed E-state index contributed by atoms with van der Waals surface area (Å²) in [6, 6.07) is 3.83. The van der Waals surface area contributed by atoms with Gasteiger partial charge in [-0.25, -0.2) is 4.98 Å². The topological polar surface area (TPSA) is 91.4 Å². The Morgan fingerprint density at radius 1 is 1.19 bits per heavy atom. The van der Waals surface area contributed by atoms with E-state index in [4.69, 9.17) is 0 Å². The Morgan fingerprint density at radius 3 is 2.46 bits per heavy atom. The highest BCUT2D eigenvalue weighted by molar-refractivity contribution is 6.02. The first-order valence-corrected chi connectivity index (χ1v) is 9.05. The summed E-state index contributed by atoms with van der Waals surface area (Å²) < 4.78 is 0. The van der Waals surface area contributed by atoms with E-state index in [2.05, 4.69) is 22.2 Å². The van der Waals surface area contributed by atoms with Crippen LogP contribution < -0.4 is 10.6 Å². The molecule has 1 saturated heterocycles. The molecule has 1 aromatic heterocycles. The van der Waals surface area contributed by atoms with Gasteiger partial charge >= 0.3 is 0 Å². The molecule has 138 valence electrons. The van der Waals surface area contributed by atoms with E-state index in [1.165, 1.54) is 4.90 Å². The zero-order chi connectivity index (χ0) is 18.5. The lowest BCUT2D eigenvalue weighted by atomic mass is 9.90. The predicted molar refractivity (Wildman–Crippen MR) is 97.5 cm³/mol. The van der Waals surface area contributed by atoms with Crippen LogP contribution in [0.2, 0.25) is 0 Å². The summed E-state index contributed by atoms with van der Waals surface area (Å²) in [5, 5.41) is 6.09. The van der Waals surface area contributed by atoms with Gasteiger partial charge in [-0.1, -0.05) is 6.08 Å². The Morgan fingerprint density at radius 2 is 1.88 bits per heavy atom. The Balaban J connectivity index is 1.50. The second-order valence-corrected chi connectivity index (χ2v) is 6.74. The number of anilines is 1. The Kier molecular flexibility index (Phi) is 5.65. The third kappa shape index (κ3) is 4.09. The van der Waals surface area contributed by atoms with Gasteiger partial charge in [-0.05, 0) is 37.8 Å². The highest BCUT2D eigenvalue weighted by Gasteiger charge is 2.36. The molecule has 0 aromatic carbocycles. The van der Waals surface area contributed by atoms with Crippen LogP contribution in [-0.2, 0) is 9.59 Å². The molecule has 0 atom stereocenters. The van der Waals surface area contributed by atoms with Crippen molar-refractivity contribution in [2.75, 3.05) is 11.9 Å². The summed E-state index contributed by atoms with van der Waals surface area (Å²) in [5.41, 5.74) is 0.507. The van der Waals surface area contributed by atoms with Gasteiger partial charge in [0.15, 0.2) is 0 Å². The minimum absolute atomic E-state index is 0.0293. The molecule has 1 aliphatic carbocycles. The smallest absolute Gasteiger partial charge is 0.253 e. The van der Waals surface area contributed by atoms with Gasteiger partial charge in [-0.15, -0.1) is 6.58 Å². The monoisotopic (exact) mass is 356 g/mol. The van der Waals surface area contributed by atoms with E-state index < -0.39 is 0 Å². The largest absolute Gasteiger partial charge is 0.367 e. The van der Waals surface area contributed by atoms with Crippen molar-refractivity contribution in [3.63, 3.8) is 0 Å². The summed E-state index contributed by atoms with van der Waals surface area (Å²) in [4.78, 5) is 41.3. The number of likely N-dealkylation sites (tertiary alicyclic amines) is 1. The van der Waals surface area contributed by atoms with E-state index in [1.54, 1.807) is 24.4 Å². The van der Waals surface area contributed by atoms with Crippen molar-refractivity contribution in [3.05, 3.63) is 36.5 Å². The number of hydrogen-bond acceptors (Lipinski definition) is 5. The fourth-order valence-corrected chi connectivity index (χ4v) is 3.57. The minimum Gasteiger partial charge on any atom is -0.367 e. The molecule has 3 amide bonds. The van der Waals surface area contributed by atoms with Crippen molar-refractivity contribution < 1.29 is 14.4 Å². The minimum atomic E-state index is -0.176. The molecule has 1 saturated carbocycles. The zero-order valence-corrected chi connectivity index (χ0v) is 14.7. The summed E-state index contributed by atoms with van der Waals surface area (Å²) in [7, 11) is 0. The molecule has 2 heterocycles. The summed E-state index contributed by atoms with van der Waals surface area (Å²) in [6.45, 7) is 3.98. The molecule has 1 aromatic rings. The first-order chi connectivity index (χ1) is 12.6. The first-order valence-electron chi connectivity index (χ1n) is 9.05. The van der Waals surface area contributed by atoms with Crippen LogP contribution in [0.4, 0.5) is 5.82 Å². The summed E-state index contributed by atoms with van der Waals surface area (Å²) >= 11 is 0. The van der Waals surface area contributed by atoms with E-state index in [1.807, 2.05) is 0 Å². The Bertz CT molecular complexity index is 677. The molecule has 3 rings (SSSR count). The van der Waals surface area contributed by atoms with Crippen molar-refractivity contribution in [3.8, 4) is 0 Å². The lowest BCUT2D eigenvalue weighted by Gasteiger charge is -2.34. The van der Waals surface area contributed by atoms with Crippen LogP contribution in [0.5, 0.6) is 0 Å². The van der Waals surface area contributed by atoms with Crippen LogP contribution >= 0.6 is 0 Å². The quantitative estimate of drug-likeness (QED) is 0.600. The fraction of sp³-hybridized carbons (Fsp3) is 0.474. The molecular weight excluding hydrogens is 332 g/mol. The molecule has 1 aliphatic heterocycles. The Labute approximate surface area is 152 Å². The van der Waals surface area contributed by atoms with E-state index in [0.717, 1.165) is 31.5 Å². The number of carbonyl (C=O) groups excluding carboxylic acids is 3. The molecular formula is C19H24N4O3. The number of imide groups is 1. The van der Waals surface area contributed by atoms with Gasteiger partial charge in [0.25, 0.3) is 5.91 Å². The number of aromatic nitrogens is 1. The lowest BCUT2D eigenvalue weighted by molar-refractivity contribution is -0.141. The molecule has 2 fully saturated rings. The number of pyridine rings is 1. The number of rotatable bonds is 6. The molecule has 0 unspecified atom stereocenters. The average Bonchev–Trinajstić information content (AvgIpc) is 2.99. The maximum absolute atomic E-state index is 11.9. The van der Waals surface area contributed by atoms with Crippen LogP contribution in [0.15, 0.2) is 31.0 Å². The van der Waals surface area contributed by atoms with Gasteiger partial charge in [-0.2, -0.15) is 0 Å². The van der Waals surface area contributed by atoms with Crippen molar-refractivity contribution in [1.29, 1.82) is 0 Å². The standard InChI is InChI=1S/C19H24N4O3/c1-2-11-20-19(26)13-3-8-16(21-12-13)22-14-4-6-15(7-5-14)23-17(24)9-10-18(23)25/h2-3,8,12,14-15H,1,4-7,9-11H2,(H,20,26)(H,21,22). The van der Waals surface area contributed by atoms with Crippen LogP contribution in [0.25, 0.3) is 0 Å². The van der Waals surface area contributed by atoms with Gasteiger partial charge in [0, 0.05) is 37.7 Å².